The Balaban J connectivity index is 2.50. The average Bonchev–Trinajstić information content (AvgIpc) is 2.73. The third-order valence-electron chi connectivity index (χ3n) is 3.27. The lowest BCUT2D eigenvalue weighted by atomic mass is 9.99. The van der Waals surface area contributed by atoms with E-state index >= 15 is 0 Å². The summed E-state index contributed by atoms with van der Waals surface area (Å²) in [5.74, 6) is 0. The molecule has 0 radical (unpaired) electrons. The van der Waals surface area contributed by atoms with E-state index in [2.05, 4.69) is 10.2 Å². The molecule has 2 heterocycles. The highest BCUT2D eigenvalue weighted by Crippen LogP contribution is 2.40. The standard InChI is InChI=1S/C14H10Cl2N2OS/c1-6-3-4-7(2)11-10(6)12(17-18-14(11)19)8-5-9(15)20-13(8)16/h3-5H,1-2H3,(H,18,19). The van der Waals surface area contributed by atoms with Gasteiger partial charge in [-0.2, -0.15) is 5.10 Å². The van der Waals surface area contributed by atoms with Crippen LogP contribution in [0.2, 0.25) is 8.67 Å². The van der Waals surface area contributed by atoms with Crippen LogP contribution in [-0.4, -0.2) is 10.2 Å². The molecule has 0 atom stereocenters. The molecule has 1 N–H and O–H groups in total. The smallest absolute Gasteiger partial charge is 0.267 e. The van der Waals surface area contributed by atoms with Crippen LogP contribution >= 0.6 is 34.5 Å². The molecule has 20 heavy (non-hydrogen) atoms. The summed E-state index contributed by atoms with van der Waals surface area (Å²) in [4.78, 5) is 12.1. The number of H-pyrrole nitrogens is 1. The minimum Gasteiger partial charge on any atom is -0.267 e. The lowest BCUT2D eigenvalue weighted by Gasteiger charge is -2.09. The second kappa shape index (κ2) is 4.88. The van der Waals surface area contributed by atoms with Gasteiger partial charge in [0.05, 0.1) is 9.72 Å². The Kier molecular flexibility index (Phi) is 3.32. The zero-order valence-electron chi connectivity index (χ0n) is 10.8. The van der Waals surface area contributed by atoms with Crippen molar-refractivity contribution in [1.82, 2.24) is 10.2 Å². The number of hydrogen-bond donors (Lipinski definition) is 1. The molecule has 0 aliphatic carbocycles. The van der Waals surface area contributed by atoms with E-state index in [0.29, 0.717) is 19.8 Å². The van der Waals surface area contributed by atoms with E-state index in [9.17, 15) is 4.79 Å². The highest BCUT2D eigenvalue weighted by Gasteiger charge is 2.17. The quantitative estimate of drug-likeness (QED) is 0.712. The molecule has 0 spiro atoms. The Morgan fingerprint density at radius 3 is 2.40 bits per heavy atom. The monoisotopic (exact) mass is 324 g/mol. The first-order valence-corrected chi connectivity index (χ1v) is 7.50. The number of fused-ring (bicyclic) bond motifs is 1. The van der Waals surface area contributed by atoms with Gasteiger partial charge in [0.25, 0.3) is 5.56 Å². The molecular formula is C14H10Cl2N2OS. The predicted molar refractivity (Wildman–Crippen MR) is 85.2 cm³/mol. The third-order valence-corrected chi connectivity index (χ3v) is 4.75. The van der Waals surface area contributed by atoms with E-state index in [1.165, 1.54) is 11.3 Å². The van der Waals surface area contributed by atoms with Gasteiger partial charge in [-0.15, -0.1) is 11.3 Å². The highest BCUT2D eigenvalue weighted by atomic mass is 35.5. The van der Waals surface area contributed by atoms with Crippen molar-refractivity contribution in [3.63, 3.8) is 0 Å². The molecule has 3 rings (SSSR count). The van der Waals surface area contributed by atoms with Crippen molar-refractivity contribution >= 4 is 45.3 Å². The summed E-state index contributed by atoms with van der Waals surface area (Å²) in [6, 6.07) is 5.68. The van der Waals surface area contributed by atoms with E-state index < -0.39 is 0 Å². The third kappa shape index (κ3) is 2.04. The number of thiophene rings is 1. The van der Waals surface area contributed by atoms with Gasteiger partial charge in [-0.05, 0) is 31.0 Å². The maximum absolute atomic E-state index is 12.1. The van der Waals surface area contributed by atoms with E-state index in [4.69, 9.17) is 23.2 Å². The molecule has 6 heteroatoms. The molecule has 0 unspecified atom stereocenters. The van der Waals surface area contributed by atoms with Gasteiger partial charge in [-0.25, -0.2) is 5.10 Å². The minimum atomic E-state index is -0.192. The number of benzene rings is 1. The SMILES string of the molecule is Cc1ccc(C)c2c(=O)[nH]nc(-c3cc(Cl)sc3Cl)c12. The first kappa shape index (κ1) is 13.6. The largest absolute Gasteiger partial charge is 0.272 e. The van der Waals surface area contributed by atoms with Crippen molar-refractivity contribution in [3.05, 3.63) is 48.4 Å². The van der Waals surface area contributed by atoms with E-state index in [1.807, 2.05) is 26.0 Å². The zero-order chi connectivity index (χ0) is 14.4. The summed E-state index contributed by atoms with van der Waals surface area (Å²) >= 11 is 13.5. The molecule has 0 saturated heterocycles. The summed E-state index contributed by atoms with van der Waals surface area (Å²) in [7, 11) is 0. The van der Waals surface area contributed by atoms with Gasteiger partial charge < -0.3 is 0 Å². The van der Waals surface area contributed by atoms with Crippen LogP contribution in [0.15, 0.2) is 23.0 Å². The highest BCUT2D eigenvalue weighted by molar-refractivity contribution is 7.20. The van der Waals surface area contributed by atoms with Gasteiger partial charge in [0.15, 0.2) is 0 Å². The van der Waals surface area contributed by atoms with Crippen LogP contribution in [0, 0.1) is 13.8 Å². The number of aromatic nitrogens is 2. The number of aryl methyl sites for hydroxylation is 2. The predicted octanol–water partition coefficient (Wildman–Crippen LogP) is 4.58. The van der Waals surface area contributed by atoms with Crippen molar-refractivity contribution in [2.75, 3.05) is 0 Å². The average molecular weight is 325 g/mol. The number of hydrogen-bond acceptors (Lipinski definition) is 3. The fraction of sp³-hybridized carbons (Fsp3) is 0.143. The van der Waals surface area contributed by atoms with Crippen molar-refractivity contribution < 1.29 is 0 Å². The van der Waals surface area contributed by atoms with Crippen LogP contribution in [0.1, 0.15) is 11.1 Å². The Morgan fingerprint density at radius 2 is 1.80 bits per heavy atom. The Hall–Kier alpha value is -1.36. The van der Waals surface area contributed by atoms with Gasteiger partial charge in [0, 0.05) is 10.9 Å². The van der Waals surface area contributed by atoms with Gasteiger partial charge in [0.1, 0.15) is 10.0 Å². The first-order valence-electron chi connectivity index (χ1n) is 5.93. The molecule has 0 fully saturated rings. The number of nitrogens with one attached hydrogen (secondary N) is 1. The second-order valence-corrected chi connectivity index (χ2v) is 6.87. The first-order chi connectivity index (χ1) is 9.49. The number of halogens is 2. The molecule has 1 aromatic carbocycles. The fourth-order valence-electron chi connectivity index (χ4n) is 2.32. The lowest BCUT2D eigenvalue weighted by Crippen LogP contribution is -2.11. The Morgan fingerprint density at radius 1 is 1.15 bits per heavy atom. The van der Waals surface area contributed by atoms with Crippen molar-refractivity contribution in [3.8, 4) is 11.3 Å². The summed E-state index contributed by atoms with van der Waals surface area (Å²) in [5, 5.41) is 8.19. The van der Waals surface area contributed by atoms with Crippen LogP contribution in [0.3, 0.4) is 0 Å². The lowest BCUT2D eigenvalue weighted by molar-refractivity contribution is 1.01. The normalized spacial score (nSPS) is 11.2. The minimum absolute atomic E-state index is 0.192. The summed E-state index contributed by atoms with van der Waals surface area (Å²) in [6.45, 7) is 3.86. The van der Waals surface area contributed by atoms with Crippen LogP contribution < -0.4 is 5.56 Å². The molecular weight excluding hydrogens is 315 g/mol. The number of rotatable bonds is 1. The van der Waals surface area contributed by atoms with Gasteiger partial charge in [0.2, 0.25) is 0 Å². The molecule has 102 valence electrons. The topological polar surface area (TPSA) is 45.8 Å². The molecule has 2 aromatic heterocycles. The van der Waals surface area contributed by atoms with E-state index in [-0.39, 0.29) is 5.56 Å². The van der Waals surface area contributed by atoms with E-state index in [1.54, 1.807) is 6.07 Å². The molecule has 0 bridgehead atoms. The van der Waals surface area contributed by atoms with Gasteiger partial charge >= 0.3 is 0 Å². The van der Waals surface area contributed by atoms with Crippen LogP contribution in [-0.2, 0) is 0 Å². The summed E-state index contributed by atoms with van der Waals surface area (Å²) in [5.41, 5.74) is 3.11. The summed E-state index contributed by atoms with van der Waals surface area (Å²) in [6.07, 6.45) is 0. The zero-order valence-corrected chi connectivity index (χ0v) is 13.1. The molecule has 0 aliphatic rings. The van der Waals surface area contributed by atoms with Crippen molar-refractivity contribution in [1.29, 1.82) is 0 Å². The fourth-order valence-corrected chi connectivity index (χ4v) is 3.79. The Bertz CT molecular complexity index is 883. The van der Waals surface area contributed by atoms with Gasteiger partial charge in [-0.1, -0.05) is 35.3 Å². The molecule has 3 aromatic rings. The van der Waals surface area contributed by atoms with Crippen LogP contribution in [0.4, 0.5) is 0 Å². The van der Waals surface area contributed by atoms with E-state index in [0.717, 1.165) is 22.1 Å². The second-order valence-electron chi connectivity index (χ2n) is 4.59. The van der Waals surface area contributed by atoms with Crippen LogP contribution in [0.5, 0.6) is 0 Å². The molecule has 0 amide bonds. The molecule has 0 saturated carbocycles. The molecule has 0 aliphatic heterocycles. The van der Waals surface area contributed by atoms with Crippen LogP contribution in [0.25, 0.3) is 22.0 Å². The number of aromatic amines is 1. The maximum atomic E-state index is 12.1. The molecule has 3 nitrogen and oxygen atoms in total. The van der Waals surface area contributed by atoms with Crippen molar-refractivity contribution in [2.45, 2.75) is 13.8 Å². The number of nitrogens with zero attached hydrogens (tertiary/aromatic N) is 1. The maximum Gasteiger partial charge on any atom is 0.272 e. The van der Waals surface area contributed by atoms with Crippen molar-refractivity contribution in [2.24, 2.45) is 0 Å². The Labute approximate surface area is 129 Å². The summed E-state index contributed by atoms with van der Waals surface area (Å²) < 4.78 is 1.16. The van der Waals surface area contributed by atoms with Gasteiger partial charge in [-0.3, -0.25) is 4.79 Å².